The highest BCUT2D eigenvalue weighted by atomic mass is 32.2. The number of hydrogen-bond donors (Lipinski definition) is 2. The van der Waals surface area contributed by atoms with Crippen LogP contribution in [0.2, 0.25) is 0 Å². The van der Waals surface area contributed by atoms with Gasteiger partial charge in [0.2, 0.25) is 0 Å². The first-order valence-corrected chi connectivity index (χ1v) is 14.3. The SMILES string of the molecule is COc1ccc(-n2ncc3c(N4CCN(C5=c6ccccc6=CSc6ccccc65)CC4)nc(C(=N)N)nc32)cc1. The maximum atomic E-state index is 8.10. The molecule has 9 nitrogen and oxygen atoms in total. The molecule has 0 atom stereocenters. The molecule has 2 aliphatic heterocycles. The lowest BCUT2D eigenvalue weighted by Crippen LogP contribution is -2.48. The van der Waals surface area contributed by atoms with Crippen molar-refractivity contribution in [3.05, 3.63) is 101 Å². The number of amidine groups is 1. The molecular formula is C31H28N8OS. The lowest BCUT2D eigenvalue weighted by molar-refractivity contribution is 0.364. The minimum Gasteiger partial charge on any atom is -0.497 e. The van der Waals surface area contributed by atoms with Gasteiger partial charge in [0.25, 0.3) is 0 Å². The van der Waals surface area contributed by atoms with Gasteiger partial charge in [-0.05, 0) is 41.0 Å². The van der Waals surface area contributed by atoms with E-state index in [2.05, 4.69) is 73.8 Å². The third kappa shape index (κ3) is 4.46. The van der Waals surface area contributed by atoms with Crippen molar-refractivity contribution in [3.8, 4) is 11.4 Å². The van der Waals surface area contributed by atoms with E-state index in [0.29, 0.717) is 5.65 Å². The average molecular weight is 561 g/mol. The number of nitrogens with zero attached hydrogens (tertiary/aromatic N) is 6. The lowest BCUT2D eigenvalue weighted by Gasteiger charge is -2.38. The number of nitrogen functional groups attached to an aromatic ring is 1. The van der Waals surface area contributed by atoms with Crippen LogP contribution in [0.15, 0.2) is 83.9 Å². The van der Waals surface area contributed by atoms with Crippen LogP contribution in [0.25, 0.3) is 27.8 Å². The van der Waals surface area contributed by atoms with E-state index < -0.39 is 0 Å². The predicted molar refractivity (Wildman–Crippen MR) is 163 cm³/mol. The molecule has 0 bridgehead atoms. The van der Waals surface area contributed by atoms with Gasteiger partial charge in [0.05, 0.1) is 30.1 Å². The van der Waals surface area contributed by atoms with Gasteiger partial charge in [-0.1, -0.05) is 54.2 Å². The van der Waals surface area contributed by atoms with Gasteiger partial charge in [-0.15, -0.1) is 0 Å². The van der Waals surface area contributed by atoms with Crippen molar-refractivity contribution >= 4 is 45.6 Å². The van der Waals surface area contributed by atoms with Crippen LogP contribution in [-0.4, -0.2) is 63.8 Å². The summed E-state index contributed by atoms with van der Waals surface area (Å²) in [6, 6.07) is 24.9. The van der Waals surface area contributed by atoms with Crippen LogP contribution >= 0.6 is 11.8 Å². The number of aromatic nitrogens is 4. The summed E-state index contributed by atoms with van der Waals surface area (Å²) in [7, 11) is 1.64. The van der Waals surface area contributed by atoms with Crippen LogP contribution in [0.3, 0.4) is 0 Å². The van der Waals surface area contributed by atoms with E-state index in [1.54, 1.807) is 29.8 Å². The maximum absolute atomic E-state index is 8.10. The fourth-order valence-electron chi connectivity index (χ4n) is 5.50. The third-order valence-corrected chi connectivity index (χ3v) is 8.51. The van der Waals surface area contributed by atoms with Gasteiger partial charge in [0.15, 0.2) is 17.3 Å². The highest BCUT2D eigenvalue weighted by Gasteiger charge is 2.26. The van der Waals surface area contributed by atoms with E-state index >= 15 is 0 Å². The standard InChI is InChI=1S/C31H28N8OS/c1-40-22-12-10-21(11-13-22)39-31-25(18-34-39)30(35-29(36-31)28(32)33)38-16-14-37(15-17-38)27-23-7-3-2-6-20(23)19-41-26-9-5-4-8-24(26)27/h2-13,18-19H,14-17H2,1H3,(H3,32,33). The van der Waals surface area contributed by atoms with Crippen molar-refractivity contribution in [1.29, 1.82) is 5.41 Å². The van der Waals surface area contributed by atoms with Crippen molar-refractivity contribution in [2.45, 2.75) is 4.90 Å². The Bertz CT molecular complexity index is 1910. The van der Waals surface area contributed by atoms with Crippen LogP contribution in [0.5, 0.6) is 5.75 Å². The summed E-state index contributed by atoms with van der Waals surface area (Å²) >= 11 is 1.78. The molecule has 7 rings (SSSR count). The fourth-order valence-corrected chi connectivity index (χ4v) is 6.41. The molecule has 3 N–H and O–H groups in total. The maximum Gasteiger partial charge on any atom is 0.198 e. The number of piperazine rings is 1. The largest absolute Gasteiger partial charge is 0.497 e. The Labute approximate surface area is 241 Å². The molecule has 1 fully saturated rings. The second kappa shape index (κ2) is 10.3. The van der Waals surface area contributed by atoms with Crippen molar-refractivity contribution in [2.75, 3.05) is 38.2 Å². The first-order valence-electron chi connectivity index (χ1n) is 13.4. The normalized spacial score (nSPS) is 14.7. The molecule has 0 amide bonds. The summed E-state index contributed by atoms with van der Waals surface area (Å²) in [6.07, 6.45) is 1.80. The van der Waals surface area contributed by atoms with Crippen LogP contribution in [0, 0.1) is 5.41 Å². The first kappa shape index (κ1) is 25.2. The molecule has 204 valence electrons. The number of benzene rings is 3. The Kier molecular flexibility index (Phi) is 6.31. The summed E-state index contributed by atoms with van der Waals surface area (Å²) in [5.41, 5.74) is 9.87. The van der Waals surface area contributed by atoms with E-state index in [-0.39, 0.29) is 11.7 Å². The molecule has 0 radical (unpaired) electrons. The number of fused-ring (bicyclic) bond motifs is 3. The second-order valence-electron chi connectivity index (χ2n) is 9.92. The van der Waals surface area contributed by atoms with Gasteiger partial charge in [-0.2, -0.15) is 5.10 Å². The van der Waals surface area contributed by atoms with Crippen molar-refractivity contribution in [1.82, 2.24) is 24.6 Å². The summed E-state index contributed by atoms with van der Waals surface area (Å²) in [5, 5.41) is 18.3. The molecule has 1 saturated heterocycles. The quantitative estimate of drug-likeness (QED) is 0.250. The van der Waals surface area contributed by atoms with Crippen molar-refractivity contribution < 1.29 is 4.74 Å². The molecule has 2 aliphatic rings. The Morgan fingerprint density at radius 1 is 0.902 bits per heavy atom. The highest BCUT2D eigenvalue weighted by molar-refractivity contribution is 8.06. The predicted octanol–water partition coefficient (Wildman–Crippen LogP) is 2.93. The Balaban J connectivity index is 1.26. The second-order valence-corrected chi connectivity index (χ2v) is 10.8. The zero-order chi connectivity index (χ0) is 27.9. The molecule has 2 aromatic heterocycles. The van der Waals surface area contributed by atoms with E-state index in [9.17, 15) is 0 Å². The molecule has 10 heteroatoms. The van der Waals surface area contributed by atoms with E-state index in [1.807, 2.05) is 24.3 Å². The number of anilines is 1. The van der Waals surface area contributed by atoms with Gasteiger partial charge >= 0.3 is 0 Å². The summed E-state index contributed by atoms with van der Waals surface area (Å²) in [6.45, 7) is 3.14. The van der Waals surface area contributed by atoms with Crippen molar-refractivity contribution in [2.24, 2.45) is 5.73 Å². The minimum atomic E-state index is -0.176. The number of thioether (sulfide) groups is 1. The summed E-state index contributed by atoms with van der Waals surface area (Å²) < 4.78 is 7.06. The zero-order valence-electron chi connectivity index (χ0n) is 22.5. The molecule has 0 aliphatic carbocycles. The monoisotopic (exact) mass is 560 g/mol. The molecule has 5 aromatic rings. The number of nitrogens with one attached hydrogen (secondary N) is 1. The first-order chi connectivity index (χ1) is 20.1. The molecule has 0 unspecified atom stereocenters. The van der Waals surface area contributed by atoms with Gasteiger partial charge in [0, 0.05) is 41.9 Å². The molecule has 0 spiro atoms. The van der Waals surface area contributed by atoms with Crippen LogP contribution in [0.1, 0.15) is 11.4 Å². The molecular weight excluding hydrogens is 532 g/mol. The highest BCUT2D eigenvalue weighted by Crippen LogP contribution is 2.32. The molecule has 3 aromatic carbocycles. The average Bonchev–Trinajstić information content (AvgIpc) is 3.37. The summed E-state index contributed by atoms with van der Waals surface area (Å²) in [4.78, 5) is 15.4. The van der Waals surface area contributed by atoms with E-state index in [4.69, 9.17) is 20.9 Å². The Hall–Kier alpha value is -4.83. The number of methoxy groups -OCH3 is 1. The van der Waals surface area contributed by atoms with Gasteiger partial charge in [-0.3, -0.25) is 5.41 Å². The number of rotatable bonds is 5. The van der Waals surface area contributed by atoms with E-state index in [0.717, 1.165) is 48.8 Å². The van der Waals surface area contributed by atoms with E-state index in [1.165, 1.54) is 26.6 Å². The van der Waals surface area contributed by atoms with Crippen LogP contribution in [-0.2, 0) is 0 Å². The molecule has 0 saturated carbocycles. The smallest absolute Gasteiger partial charge is 0.198 e. The van der Waals surface area contributed by atoms with Crippen LogP contribution < -0.4 is 25.8 Å². The minimum absolute atomic E-state index is 0.176. The van der Waals surface area contributed by atoms with Crippen molar-refractivity contribution in [3.63, 3.8) is 0 Å². The number of hydrogen-bond acceptors (Lipinski definition) is 8. The van der Waals surface area contributed by atoms with Gasteiger partial charge < -0.3 is 20.3 Å². The fraction of sp³-hybridized carbons (Fsp3) is 0.161. The van der Waals surface area contributed by atoms with Crippen LogP contribution in [0.4, 0.5) is 5.82 Å². The topological polar surface area (TPSA) is 109 Å². The Morgan fingerprint density at radius 2 is 1.63 bits per heavy atom. The zero-order valence-corrected chi connectivity index (χ0v) is 23.3. The number of ether oxygens (including phenoxy) is 1. The molecule has 4 heterocycles. The Morgan fingerprint density at radius 3 is 2.41 bits per heavy atom. The molecule has 41 heavy (non-hydrogen) atoms. The number of nitrogens with two attached hydrogens (primary N) is 1. The third-order valence-electron chi connectivity index (χ3n) is 7.53. The lowest BCUT2D eigenvalue weighted by atomic mass is 10.1. The van der Waals surface area contributed by atoms with Gasteiger partial charge in [0.1, 0.15) is 11.6 Å². The van der Waals surface area contributed by atoms with Gasteiger partial charge in [-0.25, -0.2) is 14.6 Å². The summed E-state index contributed by atoms with van der Waals surface area (Å²) in [5.74, 6) is 1.52.